The van der Waals surface area contributed by atoms with Gasteiger partial charge in [-0.3, -0.25) is 14.7 Å². The Morgan fingerprint density at radius 2 is 2.15 bits per heavy atom. The van der Waals surface area contributed by atoms with Gasteiger partial charge in [0.15, 0.2) is 0 Å². The third kappa shape index (κ3) is 4.02. The lowest BCUT2D eigenvalue weighted by Crippen LogP contribution is -2.55. The van der Waals surface area contributed by atoms with Gasteiger partial charge in [-0.05, 0) is 31.5 Å². The molecule has 5 heteroatoms. The Balaban J connectivity index is 1.89. The molecule has 1 aromatic heterocycles. The molecule has 2 heterocycles. The Bertz CT molecular complexity index is 436. The molecule has 0 aliphatic carbocycles. The van der Waals surface area contributed by atoms with E-state index < -0.39 is 0 Å². The van der Waals surface area contributed by atoms with E-state index in [2.05, 4.69) is 16.8 Å². The average Bonchev–Trinajstić information content (AvgIpc) is 2.39. The molecule has 0 spiro atoms. The van der Waals surface area contributed by atoms with Gasteiger partial charge in [-0.25, -0.2) is 0 Å². The number of carbonyl (C=O) groups is 1. The van der Waals surface area contributed by atoms with E-state index in [0.29, 0.717) is 13.0 Å². The Labute approximate surface area is 120 Å². The molecule has 0 aromatic carbocycles. The van der Waals surface area contributed by atoms with Gasteiger partial charge in [0.1, 0.15) is 0 Å². The fourth-order valence-electron chi connectivity index (χ4n) is 2.72. The fourth-order valence-corrected chi connectivity index (χ4v) is 2.72. The van der Waals surface area contributed by atoms with Crippen molar-refractivity contribution in [1.29, 1.82) is 0 Å². The number of aliphatic hydroxyl groups excluding tert-OH is 1. The number of rotatable bonds is 4. The van der Waals surface area contributed by atoms with E-state index in [-0.39, 0.29) is 18.1 Å². The molecule has 0 radical (unpaired) electrons. The van der Waals surface area contributed by atoms with E-state index >= 15 is 0 Å². The number of amides is 1. The predicted molar refractivity (Wildman–Crippen MR) is 77.2 cm³/mol. The van der Waals surface area contributed by atoms with E-state index in [9.17, 15) is 9.90 Å². The first-order chi connectivity index (χ1) is 9.56. The van der Waals surface area contributed by atoms with Crippen molar-refractivity contribution in [3.8, 4) is 0 Å². The molecule has 20 heavy (non-hydrogen) atoms. The highest BCUT2D eigenvalue weighted by atomic mass is 16.3. The van der Waals surface area contributed by atoms with Crippen LogP contribution in [0.15, 0.2) is 24.5 Å². The Hall–Kier alpha value is -1.46. The summed E-state index contributed by atoms with van der Waals surface area (Å²) in [6.07, 6.45) is 3.55. The Kier molecular flexibility index (Phi) is 5.09. The van der Waals surface area contributed by atoms with Gasteiger partial charge in [0.25, 0.3) is 0 Å². The standard InChI is InChI=1S/C15H23N3O2/c1-12-10-17(11-13(2)19)7-8-18(12)15(20)9-14-3-5-16-6-4-14/h3-6,12-13,19H,7-11H2,1-2H3/t12-,13-/m0/s1. The first-order valence-electron chi connectivity index (χ1n) is 7.15. The van der Waals surface area contributed by atoms with Crippen LogP contribution in [0.5, 0.6) is 0 Å². The molecule has 1 fully saturated rings. The molecule has 5 nitrogen and oxygen atoms in total. The second kappa shape index (κ2) is 6.81. The van der Waals surface area contributed by atoms with Gasteiger partial charge in [0.2, 0.25) is 5.91 Å². The zero-order valence-corrected chi connectivity index (χ0v) is 12.2. The Morgan fingerprint density at radius 3 is 2.75 bits per heavy atom. The molecule has 0 bridgehead atoms. The molecular weight excluding hydrogens is 254 g/mol. The topological polar surface area (TPSA) is 56.7 Å². The largest absolute Gasteiger partial charge is 0.392 e. The second-order valence-corrected chi connectivity index (χ2v) is 5.58. The van der Waals surface area contributed by atoms with Crippen LogP contribution in [-0.4, -0.2) is 64.1 Å². The maximum atomic E-state index is 12.3. The summed E-state index contributed by atoms with van der Waals surface area (Å²) in [5.41, 5.74) is 1.00. The molecule has 1 aliphatic rings. The summed E-state index contributed by atoms with van der Waals surface area (Å²) in [6.45, 7) is 6.93. The van der Waals surface area contributed by atoms with Gasteiger partial charge in [-0.15, -0.1) is 0 Å². The van der Waals surface area contributed by atoms with Gasteiger partial charge >= 0.3 is 0 Å². The van der Waals surface area contributed by atoms with Crippen molar-refractivity contribution in [2.45, 2.75) is 32.4 Å². The van der Waals surface area contributed by atoms with E-state index in [1.165, 1.54) is 0 Å². The number of hydrogen-bond acceptors (Lipinski definition) is 4. The predicted octanol–water partition coefficient (Wildman–Crippen LogP) is 0.538. The molecule has 2 rings (SSSR count). The van der Waals surface area contributed by atoms with Crippen LogP contribution in [0.25, 0.3) is 0 Å². The first kappa shape index (κ1) is 14.9. The van der Waals surface area contributed by atoms with Crippen LogP contribution in [0.4, 0.5) is 0 Å². The van der Waals surface area contributed by atoms with E-state index in [1.54, 1.807) is 19.3 Å². The number of β-amino-alcohol motifs (C(OH)–C–C–N with tert-alkyl or cyclic N) is 1. The zero-order valence-electron chi connectivity index (χ0n) is 12.2. The molecule has 1 N–H and O–H groups in total. The van der Waals surface area contributed by atoms with Crippen molar-refractivity contribution >= 4 is 5.91 Å². The quantitative estimate of drug-likeness (QED) is 0.872. The third-order valence-corrected chi connectivity index (χ3v) is 3.66. The molecule has 1 saturated heterocycles. The number of pyridine rings is 1. The van der Waals surface area contributed by atoms with Crippen LogP contribution in [0.1, 0.15) is 19.4 Å². The van der Waals surface area contributed by atoms with Crippen molar-refractivity contribution in [2.75, 3.05) is 26.2 Å². The van der Waals surface area contributed by atoms with Gasteiger partial charge in [0.05, 0.1) is 12.5 Å². The van der Waals surface area contributed by atoms with Crippen LogP contribution in [0, 0.1) is 0 Å². The van der Waals surface area contributed by atoms with Crippen molar-refractivity contribution in [3.63, 3.8) is 0 Å². The van der Waals surface area contributed by atoms with E-state index in [4.69, 9.17) is 0 Å². The summed E-state index contributed by atoms with van der Waals surface area (Å²) in [4.78, 5) is 20.5. The highest BCUT2D eigenvalue weighted by Gasteiger charge is 2.27. The zero-order chi connectivity index (χ0) is 14.5. The normalized spacial score (nSPS) is 21.8. The SMILES string of the molecule is C[C@H](O)CN1CCN(C(=O)Cc2ccncc2)[C@@H](C)C1. The summed E-state index contributed by atoms with van der Waals surface area (Å²) in [5, 5.41) is 9.43. The minimum atomic E-state index is -0.318. The number of carbonyl (C=O) groups excluding carboxylic acids is 1. The number of aromatic nitrogens is 1. The second-order valence-electron chi connectivity index (χ2n) is 5.58. The third-order valence-electron chi connectivity index (χ3n) is 3.66. The molecule has 2 atom stereocenters. The number of hydrogen-bond donors (Lipinski definition) is 1. The monoisotopic (exact) mass is 277 g/mol. The smallest absolute Gasteiger partial charge is 0.227 e. The van der Waals surface area contributed by atoms with Crippen LogP contribution in [0.2, 0.25) is 0 Å². The van der Waals surface area contributed by atoms with Crippen molar-refractivity contribution in [3.05, 3.63) is 30.1 Å². The van der Waals surface area contributed by atoms with Crippen LogP contribution in [-0.2, 0) is 11.2 Å². The Morgan fingerprint density at radius 1 is 1.45 bits per heavy atom. The van der Waals surface area contributed by atoms with Crippen LogP contribution < -0.4 is 0 Å². The molecule has 1 aromatic rings. The molecule has 1 amide bonds. The summed E-state index contributed by atoms with van der Waals surface area (Å²) < 4.78 is 0. The van der Waals surface area contributed by atoms with E-state index in [0.717, 1.165) is 25.2 Å². The maximum absolute atomic E-state index is 12.3. The molecule has 1 aliphatic heterocycles. The van der Waals surface area contributed by atoms with Gasteiger partial charge in [0, 0.05) is 44.6 Å². The minimum Gasteiger partial charge on any atom is -0.392 e. The fraction of sp³-hybridized carbons (Fsp3) is 0.600. The molecular formula is C15H23N3O2. The minimum absolute atomic E-state index is 0.167. The summed E-state index contributed by atoms with van der Waals surface area (Å²) >= 11 is 0. The molecule has 0 saturated carbocycles. The highest BCUT2D eigenvalue weighted by Crippen LogP contribution is 2.12. The molecule has 0 unspecified atom stereocenters. The average molecular weight is 277 g/mol. The lowest BCUT2D eigenvalue weighted by Gasteiger charge is -2.40. The maximum Gasteiger partial charge on any atom is 0.227 e. The van der Waals surface area contributed by atoms with Crippen molar-refractivity contribution < 1.29 is 9.90 Å². The molecule has 110 valence electrons. The highest BCUT2D eigenvalue weighted by molar-refractivity contribution is 5.79. The van der Waals surface area contributed by atoms with Crippen molar-refractivity contribution in [1.82, 2.24) is 14.8 Å². The van der Waals surface area contributed by atoms with Gasteiger partial charge in [-0.1, -0.05) is 0 Å². The van der Waals surface area contributed by atoms with Gasteiger partial charge in [-0.2, -0.15) is 0 Å². The van der Waals surface area contributed by atoms with Crippen LogP contribution >= 0.6 is 0 Å². The number of aliphatic hydroxyl groups is 1. The lowest BCUT2D eigenvalue weighted by atomic mass is 10.1. The summed E-state index contributed by atoms with van der Waals surface area (Å²) in [7, 11) is 0. The number of nitrogens with zero attached hydrogens (tertiary/aromatic N) is 3. The van der Waals surface area contributed by atoms with Gasteiger partial charge < -0.3 is 10.0 Å². The first-order valence-corrected chi connectivity index (χ1v) is 7.15. The van der Waals surface area contributed by atoms with E-state index in [1.807, 2.05) is 17.0 Å². The number of piperazine rings is 1. The van der Waals surface area contributed by atoms with Crippen LogP contribution in [0.3, 0.4) is 0 Å². The lowest BCUT2D eigenvalue weighted by molar-refractivity contribution is -0.135. The van der Waals surface area contributed by atoms with Crippen molar-refractivity contribution in [2.24, 2.45) is 0 Å². The summed E-state index contributed by atoms with van der Waals surface area (Å²) in [6, 6.07) is 3.95. The summed E-state index contributed by atoms with van der Waals surface area (Å²) in [5.74, 6) is 0.167.